The molecular formula is C11H15N3O. The van der Waals surface area contributed by atoms with Gasteiger partial charge in [-0.25, -0.2) is 0 Å². The van der Waals surface area contributed by atoms with Crippen LogP contribution in [0.5, 0.6) is 0 Å². The summed E-state index contributed by atoms with van der Waals surface area (Å²) < 4.78 is 7.24. The maximum Gasteiger partial charge on any atom is 0.125 e. The van der Waals surface area contributed by atoms with E-state index in [0.717, 1.165) is 29.1 Å². The number of nitrogens with zero attached hydrogens (tertiary/aromatic N) is 2. The maximum absolute atomic E-state index is 5.42. The van der Waals surface area contributed by atoms with Crippen molar-refractivity contribution in [3.05, 3.63) is 30.0 Å². The van der Waals surface area contributed by atoms with E-state index in [4.69, 9.17) is 4.42 Å². The Morgan fingerprint density at radius 3 is 2.87 bits per heavy atom. The Morgan fingerprint density at radius 2 is 2.27 bits per heavy atom. The van der Waals surface area contributed by atoms with Gasteiger partial charge < -0.3 is 9.73 Å². The highest BCUT2D eigenvalue weighted by Crippen LogP contribution is 2.26. The molecule has 80 valence electrons. The molecule has 0 saturated heterocycles. The number of aromatic nitrogens is 2. The number of furan rings is 1. The number of aryl methyl sites for hydroxylation is 2. The van der Waals surface area contributed by atoms with Gasteiger partial charge in [-0.3, -0.25) is 4.68 Å². The van der Waals surface area contributed by atoms with Crippen molar-refractivity contribution in [2.75, 3.05) is 7.05 Å². The lowest BCUT2D eigenvalue weighted by molar-refractivity contribution is 0.496. The van der Waals surface area contributed by atoms with Gasteiger partial charge >= 0.3 is 0 Å². The molecule has 0 fully saturated rings. The van der Waals surface area contributed by atoms with Gasteiger partial charge in [0, 0.05) is 24.4 Å². The van der Waals surface area contributed by atoms with Gasteiger partial charge in [-0.15, -0.1) is 0 Å². The molecular weight excluding hydrogens is 190 g/mol. The van der Waals surface area contributed by atoms with E-state index in [0.29, 0.717) is 0 Å². The monoisotopic (exact) mass is 205 g/mol. The van der Waals surface area contributed by atoms with E-state index in [1.165, 1.54) is 0 Å². The van der Waals surface area contributed by atoms with Crippen LogP contribution in [0.3, 0.4) is 0 Å². The van der Waals surface area contributed by atoms with Gasteiger partial charge in [-0.05, 0) is 20.0 Å². The molecule has 2 heterocycles. The minimum Gasteiger partial charge on any atom is -0.467 e. The molecule has 2 aromatic rings. The molecule has 0 radical (unpaired) electrons. The molecule has 4 nitrogen and oxygen atoms in total. The fourth-order valence-corrected chi connectivity index (χ4v) is 1.74. The van der Waals surface area contributed by atoms with E-state index in [1.807, 2.05) is 38.0 Å². The van der Waals surface area contributed by atoms with Crippen molar-refractivity contribution in [3.63, 3.8) is 0 Å². The predicted molar refractivity (Wildman–Crippen MR) is 58.4 cm³/mol. The van der Waals surface area contributed by atoms with Crippen molar-refractivity contribution in [1.82, 2.24) is 15.1 Å². The Hall–Kier alpha value is -1.55. The van der Waals surface area contributed by atoms with Crippen LogP contribution < -0.4 is 5.32 Å². The van der Waals surface area contributed by atoms with Crippen LogP contribution in [0.1, 0.15) is 11.5 Å². The number of hydrogen-bond acceptors (Lipinski definition) is 3. The Bertz CT molecular complexity index is 456. The zero-order valence-electron chi connectivity index (χ0n) is 9.24. The van der Waals surface area contributed by atoms with E-state index in [1.54, 1.807) is 6.26 Å². The molecule has 4 heteroatoms. The molecule has 0 aliphatic carbocycles. The van der Waals surface area contributed by atoms with Crippen LogP contribution in [0.4, 0.5) is 0 Å². The normalized spacial score (nSPS) is 10.9. The smallest absolute Gasteiger partial charge is 0.125 e. The van der Waals surface area contributed by atoms with E-state index >= 15 is 0 Å². The first-order valence-electron chi connectivity index (χ1n) is 4.94. The Balaban J connectivity index is 2.44. The summed E-state index contributed by atoms with van der Waals surface area (Å²) in [6.07, 6.45) is 3.73. The SMILES string of the molecule is CNCc1occc1-c1cn(C)nc1C. The predicted octanol–water partition coefficient (Wildman–Crippen LogP) is 1.71. The Labute approximate surface area is 88.9 Å². The molecule has 2 aromatic heterocycles. The van der Waals surface area contributed by atoms with Crippen molar-refractivity contribution in [1.29, 1.82) is 0 Å². The zero-order valence-corrected chi connectivity index (χ0v) is 9.24. The number of rotatable bonds is 3. The summed E-state index contributed by atoms with van der Waals surface area (Å²) in [5.41, 5.74) is 3.28. The van der Waals surface area contributed by atoms with Crippen LogP contribution in [-0.2, 0) is 13.6 Å². The average Bonchev–Trinajstić information content (AvgIpc) is 2.73. The molecule has 0 atom stereocenters. The number of hydrogen-bond donors (Lipinski definition) is 1. The molecule has 0 saturated carbocycles. The summed E-state index contributed by atoms with van der Waals surface area (Å²) in [4.78, 5) is 0. The van der Waals surface area contributed by atoms with E-state index in [9.17, 15) is 0 Å². The van der Waals surface area contributed by atoms with Crippen LogP contribution in [0.15, 0.2) is 22.9 Å². The Morgan fingerprint density at radius 1 is 1.47 bits per heavy atom. The van der Waals surface area contributed by atoms with Gasteiger partial charge in [0.2, 0.25) is 0 Å². The third-order valence-electron chi connectivity index (χ3n) is 2.39. The highest BCUT2D eigenvalue weighted by Gasteiger charge is 2.12. The van der Waals surface area contributed by atoms with Gasteiger partial charge in [0.05, 0.1) is 18.5 Å². The van der Waals surface area contributed by atoms with Crippen molar-refractivity contribution in [2.24, 2.45) is 7.05 Å². The summed E-state index contributed by atoms with van der Waals surface area (Å²) >= 11 is 0. The molecule has 1 N–H and O–H groups in total. The summed E-state index contributed by atoms with van der Waals surface area (Å²) in [5.74, 6) is 0.952. The third-order valence-corrected chi connectivity index (χ3v) is 2.39. The molecule has 0 spiro atoms. The summed E-state index contributed by atoms with van der Waals surface area (Å²) in [5, 5.41) is 7.41. The molecule has 0 aliphatic heterocycles. The standard InChI is InChI=1S/C11H15N3O/c1-8-10(7-14(3)13-8)9-4-5-15-11(9)6-12-2/h4-5,7,12H,6H2,1-3H3. The second kappa shape index (κ2) is 3.90. The van der Waals surface area contributed by atoms with Gasteiger partial charge in [0.25, 0.3) is 0 Å². The minimum atomic E-state index is 0.733. The van der Waals surface area contributed by atoms with E-state index in [2.05, 4.69) is 10.4 Å². The lowest BCUT2D eigenvalue weighted by atomic mass is 10.1. The molecule has 0 amide bonds. The maximum atomic E-state index is 5.42. The summed E-state index contributed by atoms with van der Waals surface area (Å²) in [6, 6.07) is 1.98. The van der Waals surface area contributed by atoms with Crippen molar-refractivity contribution < 1.29 is 4.42 Å². The lowest BCUT2D eigenvalue weighted by Crippen LogP contribution is -2.04. The molecule has 0 bridgehead atoms. The highest BCUT2D eigenvalue weighted by atomic mass is 16.3. The van der Waals surface area contributed by atoms with Crippen LogP contribution in [0.25, 0.3) is 11.1 Å². The second-order valence-corrected chi connectivity index (χ2v) is 3.59. The first kappa shape index (κ1) is 9.98. The van der Waals surface area contributed by atoms with Gasteiger partial charge in [-0.2, -0.15) is 5.10 Å². The summed E-state index contributed by atoms with van der Waals surface area (Å²) in [7, 11) is 3.83. The van der Waals surface area contributed by atoms with Crippen molar-refractivity contribution in [2.45, 2.75) is 13.5 Å². The van der Waals surface area contributed by atoms with E-state index in [-0.39, 0.29) is 0 Å². The fraction of sp³-hybridized carbons (Fsp3) is 0.364. The van der Waals surface area contributed by atoms with Gasteiger partial charge in [0.15, 0.2) is 0 Å². The van der Waals surface area contributed by atoms with E-state index < -0.39 is 0 Å². The topological polar surface area (TPSA) is 43.0 Å². The van der Waals surface area contributed by atoms with Crippen LogP contribution in [0, 0.1) is 6.92 Å². The van der Waals surface area contributed by atoms with Crippen LogP contribution >= 0.6 is 0 Å². The Kier molecular flexibility index (Phi) is 2.60. The molecule has 2 rings (SSSR count). The van der Waals surface area contributed by atoms with Crippen LogP contribution in [0.2, 0.25) is 0 Å². The van der Waals surface area contributed by atoms with Gasteiger partial charge in [-0.1, -0.05) is 0 Å². The second-order valence-electron chi connectivity index (χ2n) is 3.59. The quantitative estimate of drug-likeness (QED) is 0.829. The first-order valence-corrected chi connectivity index (χ1v) is 4.94. The number of nitrogens with one attached hydrogen (secondary N) is 1. The largest absolute Gasteiger partial charge is 0.467 e. The van der Waals surface area contributed by atoms with Crippen LogP contribution in [-0.4, -0.2) is 16.8 Å². The molecule has 15 heavy (non-hydrogen) atoms. The lowest BCUT2D eigenvalue weighted by Gasteiger charge is -1.99. The molecule has 0 aromatic carbocycles. The third kappa shape index (κ3) is 1.80. The van der Waals surface area contributed by atoms with Crippen molar-refractivity contribution in [3.8, 4) is 11.1 Å². The highest BCUT2D eigenvalue weighted by molar-refractivity contribution is 5.66. The van der Waals surface area contributed by atoms with Gasteiger partial charge in [0.1, 0.15) is 5.76 Å². The summed E-state index contributed by atoms with van der Waals surface area (Å²) in [6.45, 7) is 2.74. The zero-order chi connectivity index (χ0) is 10.8. The van der Waals surface area contributed by atoms with Crippen molar-refractivity contribution >= 4 is 0 Å². The minimum absolute atomic E-state index is 0.733. The average molecular weight is 205 g/mol. The first-order chi connectivity index (χ1) is 7.22. The fourth-order valence-electron chi connectivity index (χ4n) is 1.74. The molecule has 0 unspecified atom stereocenters. The molecule has 0 aliphatic rings.